The maximum absolute atomic E-state index is 11.9. The van der Waals surface area contributed by atoms with Crippen LogP contribution in [0, 0.1) is 6.92 Å². The summed E-state index contributed by atoms with van der Waals surface area (Å²) in [4.78, 5) is 2.38. The number of nitrogens with zero attached hydrogens (tertiary/aromatic N) is 1. The number of sulfonamides is 1. The molecule has 0 aliphatic heterocycles. The highest BCUT2D eigenvalue weighted by molar-refractivity contribution is 7.89. The van der Waals surface area contributed by atoms with Gasteiger partial charge in [-0.25, -0.2) is 4.83 Å². The zero-order valence-electron chi connectivity index (χ0n) is 10.4. The Bertz CT molecular complexity index is 680. The first kappa shape index (κ1) is 13.3. The molecule has 0 aliphatic rings. The summed E-state index contributed by atoms with van der Waals surface area (Å²) >= 11 is 0. The van der Waals surface area contributed by atoms with Gasteiger partial charge >= 0.3 is 0 Å². The van der Waals surface area contributed by atoms with Crippen molar-refractivity contribution in [3.8, 4) is 0 Å². The van der Waals surface area contributed by atoms with Crippen molar-refractivity contribution in [2.24, 2.45) is 5.10 Å². The molecular weight excluding hydrogens is 260 g/mol. The molecule has 0 saturated heterocycles. The molecule has 2 aromatic carbocycles. The highest BCUT2D eigenvalue weighted by Crippen LogP contribution is 2.07. The lowest BCUT2D eigenvalue weighted by atomic mass is 10.1. The average molecular weight is 274 g/mol. The molecule has 0 bridgehead atoms. The molecule has 0 spiro atoms. The molecule has 0 aromatic heterocycles. The van der Waals surface area contributed by atoms with E-state index >= 15 is 0 Å². The van der Waals surface area contributed by atoms with Crippen LogP contribution in [-0.2, 0) is 10.0 Å². The topological polar surface area (TPSA) is 58.5 Å². The van der Waals surface area contributed by atoms with Crippen LogP contribution in [0.5, 0.6) is 0 Å². The highest BCUT2D eigenvalue weighted by atomic mass is 32.2. The molecule has 2 rings (SSSR count). The van der Waals surface area contributed by atoms with Crippen molar-refractivity contribution >= 4 is 16.2 Å². The van der Waals surface area contributed by atoms with Crippen molar-refractivity contribution in [1.29, 1.82) is 0 Å². The molecule has 19 heavy (non-hydrogen) atoms. The fraction of sp³-hybridized carbons (Fsp3) is 0.0714. The summed E-state index contributed by atoms with van der Waals surface area (Å²) < 4.78 is 23.8. The van der Waals surface area contributed by atoms with Gasteiger partial charge in [0.2, 0.25) is 0 Å². The van der Waals surface area contributed by atoms with E-state index in [1.165, 1.54) is 18.3 Å². The van der Waals surface area contributed by atoms with Gasteiger partial charge in [-0.3, -0.25) is 0 Å². The number of benzene rings is 2. The summed E-state index contributed by atoms with van der Waals surface area (Å²) in [6.07, 6.45) is 1.50. The second kappa shape index (κ2) is 5.67. The Morgan fingerprint density at radius 2 is 1.63 bits per heavy atom. The van der Waals surface area contributed by atoms with Crippen LogP contribution in [0.25, 0.3) is 0 Å². The van der Waals surface area contributed by atoms with Gasteiger partial charge in [-0.05, 0) is 30.2 Å². The van der Waals surface area contributed by atoms with Crippen LogP contribution in [0.4, 0.5) is 0 Å². The summed E-state index contributed by atoms with van der Waals surface area (Å²) in [5, 5.41) is 3.79. The minimum atomic E-state index is -3.59. The standard InChI is InChI=1S/C14H14N2O2S/c1-12-7-5-6-8-13(12)11-15-16-19(17,18)14-9-3-2-4-10-14/h2-11,16H,1H3. The van der Waals surface area contributed by atoms with Gasteiger partial charge in [0.1, 0.15) is 0 Å². The molecule has 2 aromatic rings. The molecule has 0 unspecified atom stereocenters. The summed E-state index contributed by atoms with van der Waals surface area (Å²) in [5.74, 6) is 0. The lowest BCUT2D eigenvalue weighted by Crippen LogP contribution is -2.18. The van der Waals surface area contributed by atoms with Gasteiger partial charge in [-0.1, -0.05) is 42.5 Å². The van der Waals surface area contributed by atoms with E-state index in [0.29, 0.717) is 0 Å². The number of hydrogen-bond donors (Lipinski definition) is 1. The van der Waals surface area contributed by atoms with E-state index in [9.17, 15) is 8.42 Å². The van der Waals surface area contributed by atoms with E-state index < -0.39 is 10.0 Å². The monoisotopic (exact) mass is 274 g/mol. The van der Waals surface area contributed by atoms with Gasteiger partial charge in [-0.15, -0.1) is 0 Å². The van der Waals surface area contributed by atoms with Crippen LogP contribution >= 0.6 is 0 Å². The minimum absolute atomic E-state index is 0.192. The smallest absolute Gasteiger partial charge is 0.200 e. The van der Waals surface area contributed by atoms with Crippen molar-refractivity contribution in [2.45, 2.75) is 11.8 Å². The second-order valence-electron chi connectivity index (χ2n) is 4.02. The van der Waals surface area contributed by atoms with Crippen LogP contribution in [0.2, 0.25) is 0 Å². The summed E-state index contributed by atoms with van der Waals surface area (Å²) in [5.41, 5.74) is 1.91. The maximum Gasteiger partial charge on any atom is 0.276 e. The Balaban J connectivity index is 2.13. The highest BCUT2D eigenvalue weighted by Gasteiger charge is 2.10. The van der Waals surface area contributed by atoms with Gasteiger partial charge in [-0.2, -0.15) is 13.5 Å². The zero-order chi connectivity index (χ0) is 13.7. The van der Waals surface area contributed by atoms with E-state index in [2.05, 4.69) is 9.93 Å². The Morgan fingerprint density at radius 1 is 1.00 bits per heavy atom. The van der Waals surface area contributed by atoms with Crippen LogP contribution in [-0.4, -0.2) is 14.6 Å². The first-order valence-electron chi connectivity index (χ1n) is 5.75. The first-order chi connectivity index (χ1) is 9.09. The number of rotatable bonds is 4. The van der Waals surface area contributed by atoms with Crippen LogP contribution < -0.4 is 4.83 Å². The molecule has 0 aliphatic carbocycles. The number of hydrogen-bond acceptors (Lipinski definition) is 3. The number of aryl methyl sites for hydroxylation is 1. The third-order valence-electron chi connectivity index (χ3n) is 2.62. The Kier molecular flexibility index (Phi) is 3.97. The van der Waals surface area contributed by atoms with Gasteiger partial charge in [0.25, 0.3) is 10.0 Å². The minimum Gasteiger partial charge on any atom is -0.200 e. The molecule has 0 amide bonds. The Morgan fingerprint density at radius 3 is 2.32 bits per heavy atom. The molecule has 98 valence electrons. The van der Waals surface area contributed by atoms with Gasteiger partial charge < -0.3 is 0 Å². The van der Waals surface area contributed by atoms with Crippen molar-refractivity contribution in [3.63, 3.8) is 0 Å². The summed E-state index contributed by atoms with van der Waals surface area (Å²) in [7, 11) is -3.59. The SMILES string of the molecule is Cc1ccccc1C=NNS(=O)(=O)c1ccccc1. The van der Waals surface area contributed by atoms with Gasteiger partial charge in [0.05, 0.1) is 11.1 Å². The molecule has 4 nitrogen and oxygen atoms in total. The van der Waals surface area contributed by atoms with E-state index in [1.54, 1.807) is 18.2 Å². The molecule has 0 heterocycles. The predicted molar refractivity (Wildman–Crippen MR) is 75.5 cm³/mol. The third kappa shape index (κ3) is 3.42. The lowest BCUT2D eigenvalue weighted by molar-refractivity contribution is 0.584. The molecular formula is C14H14N2O2S. The van der Waals surface area contributed by atoms with E-state index in [0.717, 1.165) is 11.1 Å². The van der Waals surface area contributed by atoms with E-state index in [1.807, 2.05) is 31.2 Å². The zero-order valence-corrected chi connectivity index (χ0v) is 11.3. The van der Waals surface area contributed by atoms with Crippen molar-refractivity contribution in [3.05, 3.63) is 65.7 Å². The van der Waals surface area contributed by atoms with E-state index in [-0.39, 0.29) is 4.90 Å². The van der Waals surface area contributed by atoms with Gasteiger partial charge in [0.15, 0.2) is 0 Å². The molecule has 0 fully saturated rings. The number of hydrazone groups is 1. The molecule has 0 saturated carbocycles. The molecule has 0 atom stereocenters. The van der Waals surface area contributed by atoms with E-state index in [4.69, 9.17) is 0 Å². The summed E-state index contributed by atoms with van der Waals surface area (Å²) in [6, 6.07) is 15.7. The van der Waals surface area contributed by atoms with Gasteiger partial charge in [0, 0.05) is 0 Å². The average Bonchev–Trinajstić information content (AvgIpc) is 2.42. The fourth-order valence-corrected chi connectivity index (χ4v) is 2.36. The van der Waals surface area contributed by atoms with Crippen LogP contribution in [0.1, 0.15) is 11.1 Å². The first-order valence-corrected chi connectivity index (χ1v) is 7.23. The quantitative estimate of drug-likeness (QED) is 0.687. The van der Waals surface area contributed by atoms with Crippen molar-refractivity contribution in [1.82, 2.24) is 4.83 Å². The van der Waals surface area contributed by atoms with Crippen molar-refractivity contribution < 1.29 is 8.42 Å². The normalized spacial score (nSPS) is 11.6. The third-order valence-corrected chi connectivity index (χ3v) is 3.86. The maximum atomic E-state index is 11.9. The molecule has 0 radical (unpaired) electrons. The Labute approximate surface area is 112 Å². The predicted octanol–water partition coefficient (Wildman–Crippen LogP) is 2.31. The fourth-order valence-electron chi connectivity index (χ4n) is 1.55. The summed E-state index contributed by atoms with van der Waals surface area (Å²) in [6.45, 7) is 1.94. The molecule has 5 heteroatoms. The van der Waals surface area contributed by atoms with Crippen LogP contribution in [0.3, 0.4) is 0 Å². The second-order valence-corrected chi connectivity index (χ2v) is 5.68. The molecule has 1 N–H and O–H groups in total. The lowest BCUT2D eigenvalue weighted by Gasteiger charge is -2.03. The van der Waals surface area contributed by atoms with Crippen LogP contribution in [0.15, 0.2) is 64.6 Å². The largest absolute Gasteiger partial charge is 0.276 e. The number of nitrogens with one attached hydrogen (secondary N) is 1. The van der Waals surface area contributed by atoms with Crippen molar-refractivity contribution in [2.75, 3.05) is 0 Å². The Hall–Kier alpha value is -2.14.